The van der Waals surface area contributed by atoms with Crippen molar-refractivity contribution < 1.29 is 9.50 Å². The largest absolute Gasteiger partial charge is 0.389 e. The van der Waals surface area contributed by atoms with E-state index in [1.807, 2.05) is 0 Å². The average molecular weight is 344 g/mol. The van der Waals surface area contributed by atoms with E-state index in [9.17, 15) is 9.50 Å². The second kappa shape index (κ2) is 7.01. The SMILES string of the molecule is CCC1CCC(O)(CNCc2ccc(F)cc2Br)CC1. The Morgan fingerprint density at radius 3 is 2.70 bits per heavy atom. The number of hydrogen-bond donors (Lipinski definition) is 2. The predicted octanol–water partition coefficient (Wildman–Crippen LogP) is 4.01. The van der Waals surface area contributed by atoms with Crippen LogP contribution in [0.3, 0.4) is 0 Å². The molecule has 0 radical (unpaired) electrons. The fourth-order valence-electron chi connectivity index (χ4n) is 2.89. The molecule has 0 atom stereocenters. The third-order valence-electron chi connectivity index (χ3n) is 4.40. The van der Waals surface area contributed by atoms with E-state index >= 15 is 0 Å². The van der Waals surface area contributed by atoms with Crippen LogP contribution < -0.4 is 5.32 Å². The Balaban J connectivity index is 1.80. The van der Waals surface area contributed by atoms with Crippen LogP contribution in [0.15, 0.2) is 22.7 Å². The molecule has 0 heterocycles. The summed E-state index contributed by atoms with van der Waals surface area (Å²) in [7, 11) is 0. The van der Waals surface area contributed by atoms with Crippen LogP contribution in [0.1, 0.15) is 44.6 Å². The van der Waals surface area contributed by atoms with Gasteiger partial charge in [0, 0.05) is 17.6 Å². The number of halogens is 2. The normalized spacial score (nSPS) is 26.7. The van der Waals surface area contributed by atoms with E-state index in [-0.39, 0.29) is 5.82 Å². The van der Waals surface area contributed by atoms with E-state index in [2.05, 4.69) is 28.2 Å². The first kappa shape index (κ1) is 15.9. The Morgan fingerprint density at radius 2 is 2.10 bits per heavy atom. The predicted molar refractivity (Wildman–Crippen MR) is 83.0 cm³/mol. The van der Waals surface area contributed by atoms with Gasteiger partial charge in [0.25, 0.3) is 0 Å². The summed E-state index contributed by atoms with van der Waals surface area (Å²) in [5.41, 5.74) is 0.440. The minimum Gasteiger partial charge on any atom is -0.389 e. The first-order valence-corrected chi connectivity index (χ1v) is 8.19. The summed E-state index contributed by atoms with van der Waals surface area (Å²) in [6, 6.07) is 4.70. The molecule has 2 nitrogen and oxygen atoms in total. The monoisotopic (exact) mass is 343 g/mol. The number of nitrogens with one attached hydrogen (secondary N) is 1. The molecule has 0 amide bonds. The van der Waals surface area contributed by atoms with Gasteiger partial charge < -0.3 is 10.4 Å². The van der Waals surface area contributed by atoms with Crippen LogP contribution in [-0.4, -0.2) is 17.3 Å². The van der Waals surface area contributed by atoms with Gasteiger partial charge in [0.1, 0.15) is 5.82 Å². The lowest BCUT2D eigenvalue weighted by Crippen LogP contribution is -2.43. The van der Waals surface area contributed by atoms with Crippen molar-refractivity contribution >= 4 is 15.9 Å². The van der Waals surface area contributed by atoms with Gasteiger partial charge in [-0.15, -0.1) is 0 Å². The quantitative estimate of drug-likeness (QED) is 0.846. The maximum absolute atomic E-state index is 13.0. The lowest BCUT2D eigenvalue weighted by molar-refractivity contribution is -0.00882. The van der Waals surface area contributed by atoms with Gasteiger partial charge in [0.2, 0.25) is 0 Å². The topological polar surface area (TPSA) is 32.3 Å². The smallest absolute Gasteiger partial charge is 0.124 e. The summed E-state index contributed by atoms with van der Waals surface area (Å²) >= 11 is 3.36. The van der Waals surface area contributed by atoms with Gasteiger partial charge in [-0.2, -0.15) is 0 Å². The molecule has 1 aliphatic rings. The molecule has 0 aliphatic heterocycles. The summed E-state index contributed by atoms with van der Waals surface area (Å²) in [6.45, 7) is 3.47. The summed E-state index contributed by atoms with van der Waals surface area (Å²) in [6.07, 6.45) is 5.21. The summed E-state index contributed by atoms with van der Waals surface area (Å²) in [4.78, 5) is 0. The molecule has 112 valence electrons. The Bertz CT molecular complexity index is 444. The van der Waals surface area contributed by atoms with Crippen molar-refractivity contribution in [3.8, 4) is 0 Å². The first-order valence-electron chi connectivity index (χ1n) is 7.39. The minimum absolute atomic E-state index is 0.239. The molecular weight excluding hydrogens is 321 g/mol. The molecule has 1 saturated carbocycles. The zero-order chi connectivity index (χ0) is 14.6. The van der Waals surface area contributed by atoms with Crippen molar-refractivity contribution in [2.24, 2.45) is 5.92 Å². The molecule has 1 fully saturated rings. The molecule has 1 aromatic carbocycles. The van der Waals surface area contributed by atoms with Gasteiger partial charge in [-0.25, -0.2) is 4.39 Å². The average Bonchev–Trinajstić information content (AvgIpc) is 2.42. The first-order chi connectivity index (χ1) is 9.52. The van der Waals surface area contributed by atoms with Gasteiger partial charge in [-0.1, -0.05) is 35.3 Å². The lowest BCUT2D eigenvalue weighted by Gasteiger charge is -2.36. The molecule has 2 N–H and O–H groups in total. The van der Waals surface area contributed by atoms with Crippen molar-refractivity contribution in [3.05, 3.63) is 34.1 Å². The van der Waals surface area contributed by atoms with Crippen molar-refractivity contribution in [2.75, 3.05) is 6.54 Å². The van der Waals surface area contributed by atoms with Crippen molar-refractivity contribution in [2.45, 2.75) is 51.2 Å². The maximum atomic E-state index is 13.0. The lowest BCUT2D eigenvalue weighted by atomic mass is 9.78. The van der Waals surface area contributed by atoms with E-state index in [1.165, 1.54) is 18.6 Å². The Morgan fingerprint density at radius 1 is 1.40 bits per heavy atom. The van der Waals surface area contributed by atoms with Gasteiger partial charge in [-0.05, 0) is 49.3 Å². The minimum atomic E-state index is -0.571. The molecule has 20 heavy (non-hydrogen) atoms. The van der Waals surface area contributed by atoms with Crippen LogP contribution >= 0.6 is 15.9 Å². The third kappa shape index (κ3) is 4.27. The number of aliphatic hydroxyl groups is 1. The van der Waals surface area contributed by atoms with Gasteiger partial charge in [-0.3, -0.25) is 0 Å². The molecule has 0 bridgehead atoms. The molecule has 0 spiro atoms. The molecular formula is C16H23BrFNO. The van der Waals surface area contributed by atoms with Crippen LogP contribution in [0.2, 0.25) is 0 Å². The van der Waals surface area contributed by atoms with E-state index in [0.29, 0.717) is 13.1 Å². The van der Waals surface area contributed by atoms with E-state index < -0.39 is 5.60 Å². The Hall–Kier alpha value is -0.450. The van der Waals surface area contributed by atoms with Crippen LogP contribution in [0.25, 0.3) is 0 Å². The van der Waals surface area contributed by atoms with Crippen molar-refractivity contribution in [1.82, 2.24) is 5.32 Å². The summed E-state index contributed by atoms with van der Waals surface area (Å²) < 4.78 is 13.8. The van der Waals surface area contributed by atoms with E-state index in [1.54, 1.807) is 6.07 Å². The molecule has 0 aromatic heterocycles. The zero-order valence-corrected chi connectivity index (χ0v) is 13.5. The molecule has 0 unspecified atom stereocenters. The van der Waals surface area contributed by atoms with Crippen LogP contribution in [0, 0.1) is 11.7 Å². The standard InChI is InChI=1S/C16H23BrFNO/c1-2-12-5-7-16(20,8-6-12)11-19-10-13-3-4-14(18)9-15(13)17/h3-4,9,12,19-20H,2,5-8,10-11H2,1H3. The molecule has 0 saturated heterocycles. The third-order valence-corrected chi connectivity index (χ3v) is 5.14. The second-order valence-electron chi connectivity index (χ2n) is 5.92. The highest BCUT2D eigenvalue weighted by molar-refractivity contribution is 9.10. The zero-order valence-electron chi connectivity index (χ0n) is 12.0. The molecule has 1 aliphatic carbocycles. The summed E-state index contributed by atoms with van der Waals surface area (Å²) in [5.74, 6) is 0.540. The van der Waals surface area contributed by atoms with Crippen LogP contribution in [0.5, 0.6) is 0 Å². The number of benzene rings is 1. The highest BCUT2D eigenvalue weighted by Gasteiger charge is 2.32. The van der Waals surface area contributed by atoms with E-state index in [4.69, 9.17) is 0 Å². The fourth-order valence-corrected chi connectivity index (χ4v) is 3.39. The van der Waals surface area contributed by atoms with Gasteiger partial charge in [0.05, 0.1) is 5.60 Å². The van der Waals surface area contributed by atoms with Crippen LogP contribution in [0.4, 0.5) is 4.39 Å². The van der Waals surface area contributed by atoms with Crippen molar-refractivity contribution in [1.29, 1.82) is 0 Å². The fraction of sp³-hybridized carbons (Fsp3) is 0.625. The molecule has 4 heteroatoms. The molecule has 2 rings (SSSR count). The number of rotatable bonds is 5. The van der Waals surface area contributed by atoms with Crippen molar-refractivity contribution in [3.63, 3.8) is 0 Å². The Kier molecular flexibility index (Phi) is 5.58. The van der Waals surface area contributed by atoms with Gasteiger partial charge >= 0.3 is 0 Å². The maximum Gasteiger partial charge on any atom is 0.124 e. The summed E-state index contributed by atoms with van der Waals surface area (Å²) in [5, 5.41) is 13.8. The van der Waals surface area contributed by atoms with Crippen LogP contribution in [-0.2, 0) is 6.54 Å². The molecule has 1 aromatic rings. The highest BCUT2D eigenvalue weighted by Crippen LogP contribution is 2.33. The highest BCUT2D eigenvalue weighted by atomic mass is 79.9. The number of hydrogen-bond acceptors (Lipinski definition) is 2. The second-order valence-corrected chi connectivity index (χ2v) is 6.77. The van der Waals surface area contributed by atoms with Gasteiger partial charge in [0.15, 0.2) is 0 Å². The Labute approximate surface area is 128 Å². The van der Waals surface area contributed by atoms with E-state index in [0.717, 1.165) is 41.6 Å².